The van der Waals surface area contributed by atoms with E-state index >= 15 is 0 Å². The van der Waals surface area contributed by atoms with Gasteiger partial charge in [0.2, 0.25) is 0 Å². The zero-order valence-corrected chi connectivity index (χ0v) is 13.4. The minimum absolute atomic E-state index is 0.0130. The van der Waals surface area contributed by atoms with Crippen LogP contribution in [0.5, 0.6) is 5.75 Å². The lowest BCUT2D eigenvalue weighted by atomic mass is 9.90. The van der Waals surface area contributed by atoms with Gasteiger partial charge in [0.25, 0.3) is 0 Å². The average Bonchev–Trinajstić information content (AvgIpc) is 2.53. The summed E-state index contributed by atoms with van der Waals surface area (Å²) < 4.78 is 40.5. The molecule has 1 aliphatic heterocycles. The second-order valence-corrected chi connectivity index (χ2v) is 5.71. The highest BCUT2D eigenvalue weighted by Crippen LogP contribution is 2.28. The normalized spacial score (nSPS) is 14.4. The Morgan fingerprint density at radius 3 is 2.50 bits per heavy atom. The standard InChI is InChI=1S/C17H15F3N4O2/c18-17(19,20)26-13-3-1-12(2-4-13)24-16-14(10(9-25)5-6-23-16)15(21)11-7-22-8-11/h1-6,9,11,21-22H,7-8H2,(H,23,24). The second-order valence-electron chi connectivity index (χ2n) is 5.71. The summed E-state index contributed by atoms with van der Waals surface area (Å²) in [6.07, 6.45) is -2.67. The highest BCUT2D eigenvalue weighted by atomic mass is 19.4. The Balaban J connectivity index is 1.85. The summed E-state index contributed by atoms with van der Waals surface area (Å²) in [5.74, 6) is -0.0526. The number of carbonyl (C=O) groups is 1. The molecule has 2 heterocycles. The smallest absolute Gasteiger partial charge is 0.406 e. The largest absolute Gasteiger partial charge is 0.573 e. The lowest BCUT2D eigenvalue weighted by molar-refractivity contribution is -0.274. The van der Waals surface area contributed by atoms with Crippen molar-refractivity contribution in [2.45, 2.75) is 6.36 Å². The first-order chi connectivity index (χ1) is 12.4. The first-order valence-corrected chi connectivity index (χ1v) is 7.74. The van der Waals surface area contributed by atoms with E-state index in [1.54, 1.807) is 0 Å². The van der Waals surface area contributed by atoms with Gasteiger partial charge in [0, 0.05) is 47.7 Å². The molecule has 0 bridgehead atoms. The van der Waals surface area contributed by atoms with Crippen molar-refractivity contribution in [2.24, 2.45) is 5.92 Å². The molecule has 3 rings (SSSR count). The van der Waals surface area contributed by atoms with E-state index in [0.29, 0.717) is 47.7 Å². The van der Waals surface area contributed by atoms with E-state index < -0.39 is 6.36 Å². The van der Waals surface area contributed by atoms with Crippen molar-refractivity contribution in [1.29, 1.82) is 5.41 Å². The van der Waals surface area contributed by atoms with Crippen LogP contribution in [0.2, 0.25) is 0 Å². The van der Waals surface area contributed by atoms with Gasteiger partial charge in [-0.25, -0.2) is 4.98 Å². The van der Waals surface area contributed by atoms with Gasteiger partial charge in [0.05, 0.1) is 0 Å². The number of benzene rings is 1. The molecular formula is C17H15F3N4O2. The van der Waals surface area contributed by atoms with Crippen LogP contribution in [0.25, 0.3) is 0 Å². The zero-order valence-electron chi connectivity index (χ0n) is 13.4. The van der Waals surface area contributed by atoms with E-state index in [-0.39, 0.29) is 11.7 Å². The van der Waals surface area contributed by atoms with Gasteiger partial charge in [-0.3, -0.25) is 4.79 Å². The van der Waals surface area contributed by atoms with E-state index in [1.807, 2.05) is 0 Å². The highest BCUT2D eigenvalue weighted by Gasteiger charge is 2.31. The Bertz CT molecular complexity index is 818. The summed E-state index contributed by atoms with van der Waals surface area (Å²) in [5, 5.41) is 14.4. The first-order valence-electron chi connectivity index (χ1n) is 7.74. The maximum atomic E-state index is 12.2. The predicted octanol–water partition coefficient (Wildman–Crippen LogP) is 3.12. The Morgan fingerprint density at radius 2 is 1.96 bits per heavy atom. The van der Waals surface area contributed by atoms with Crippen LogP contribution >= 0.6 is 0 Å². The maximum absolute atomic E-state index is 12.2. The molecule has 1 aromatic carbocycles. The van der Waals surface area contributed by atoms with E-state index in [1.165, 1.54) is 36.5 Å². The van der Waals surface area contributed by atoms with Crippen LogP contribution in [0, 0.1) is 11.3 Å². The zero-order chi connectivity index (χ0) is 18.7. The molecule has 1 fully saturated rings. The van der Waals surface area contributed by atoms with E-state index in [4.69, 9.17) is 5.41 Å². The third-order valence-electron chi connectivity index (χ3n) is 3.92. The fourth-order valence-electron chi connectivity index (χ4n) is 2.53. The number of pyridine rings is 1. The van der Waals surface area contributed by atoms with E-state index in [0.717, 1.165) is 0 Å². The fourth-order valence-corrected chi connectivity index (χ4v) is 2.53. The van der Waals surface area contributed by atoms with Crippen molar-refractivity contribution in [3.05, 3.63) is 47.7 Å². The lowest BCUT2D eigenvalue weighted by Crippen LogP contribution is -2.46. The van der Waals surface area contributed by atoms with Crippen LogP contribution in [-0.4, -0.2) is 36.4 Å². The Morgan fingerprint density at radius 1 is 1.27 bits per heavy atom. The Labute approximate surface area is 146 Å². The molecule has 0 amide bonds. The molecule has 0 atom stereocenters. The van der Waals surface area contributed by atoms with Crippen molar-refractivity contribution < 1.29 is 22.7 Å². The average molecular weight is 364 g/mol. The number of nitrogens with one attached hydrogen (secondary N) is 3. The topological polar surface area (TPSA) is 87.1 Å². The van der Waals surface area contributed by atoms with Crippen LogP contribution in [0.15, 0.2) is 36.5 Å². The van der Waals surface area contributed by atoms with Gasteiger partial charge in [-0.15, -0.1) is 13.2 Å². The molecule has 0 aliphatic carbocycles. The summed E-state index contributed by atoms with van der Waals surface area (Å²) in [5.41, 5.74) is 1.47. The van der Waals surface area contributed by atoms with Crippen LogP contribution in [-0.2, 0) is 0 Å². The van der Waals surface area contributed by atoms with Gasteiger partial charge < -0.3 is 20.8 Å². The van der Waals surface area contributed by atoms with Crippen LogP contribution in [0.4, 0.5) is 24.7 Å². The number of alkyl halides is 3. The second kappa shape index (κ2) is 7.12. The van der Waals surface area contributed by atoms with E-state index in [2.05, 4.69) is 20.4 Å². The number of aldehydes is 1. The number of anilines is 2. The molecule has 26 heavy (non-hydrogen) atoms. The minimum Gasteiger partial charge on any atom is -0.406 e. The van der Waals surface area contributed by atoms with Crippen LogP contribution in [0.3, 0.4) is 0 Å². The Hall–Kier alpha value is -2.94. The number of hydrogen-bond donors (Lipinski definition) is 3. The number of rotatable bonds is 6. The summed E-state index contributed by atoms with van der Waals surface area (Å²) in [4.78, 5) is 15.5. The molecule has 3 N–H and O–H groups in total. The lowest BCUT2D eigenvalue weighted by Gasteiger charge is -2.29. The van der Waals surface area contributed by atoms with Gasteiger partial charge in [-0.05, 0) is 30.3 Å². The molecule has 9 heteroatoms. The van der Waals surface area contributed by atoms with Crippen molar-refractivity contribution in [3.8, 4) is 5.75 Å². The molecule has 2 aromatic rings. The van der Waals surface area contributed by atoms with Gasteiger partial charge in [-0.1, -0.05) is 0 Å². The highest BCUT2D eigenvalue weighted by molar-refractivity contribution is 6.10. The maximum Gasteiger partial charge on any atom is 0.573 e. The summed E-state index contributed by atoms with van der Waals surface area (Å²) in [6, 6.07) is 6.65. The van der Waals surface area contributed by atoms with Crippen molar-refractivity contribution in [1.82, 2.24) is 10.3 Å². The van der Waals surface area contributed by atoms with Gasteiger partial charge >= 0.3 is 6.36 Å². The molecule has 1 saturated heterocycles. The molecular weight excluding hydrogens is 349 g/mol. The third kappa shape index (κ3) is 3.99. The van der Waals surface area contributed by atoms with Gasteiger partial charge in [-0.2, -0.15) is 0 Å². The summed E-state index contributed by atoms with van der Waals surface area (Å²) in [6.45, 7) is 1.30. The van der Waals surface area contributed by atoms with Crippen molar-refractivity contribution >= 4 is 23.5 Å². The fraction of sp³-hybridized carbons (Fsp3) is 0.235. The molecule has 136 valence electrons. The number of halogens is 3. The van der Waals surface area contributed by atoms with Gasteiger partial charge in [0.15, 0.2) is 6.29 Å². The molecule has 0 unspecified atom stereocenters. The summed E-state index contributed by atoms with van der Waals surface area (Å²) in [7, 11) is 0. The molecule has 1 aliphatic rings. The SMILES string of the molecule is N=C(c1c(C=O)ccnc1Nc1ccc(OC(F)(F)F)cc1)C1CNC1. The Kier molecular flexibility index (Phi) is 4.90. The number of aromatic nitrogens is 1. The molecule has 1 aromatic heterocycles. The van der Waals surface area contributed by atoms with Crippen LogP contribution < -0.4 is 15.4 Å². The quantitative estimate of drug-likeness (QED) is 0.542. The van der Waals surface area contributed by atoms with E-state index in [9.17, 15) is 18.0 Å². The molecule has 0 saturated carbocycles. The number of carbonyl (C=O) groups excluding carboxylic acids is 1. The number of nitrogens with zero attached hydrogens (tertiary/aromatic N) is 1. The van der Waals surface area contributed by atoms with Gasteiger partial charge in [0.1, 0.15) is 11.6 Å². The summed E-state index contributed by atoms with van der Waals surface area (Å²) >= 11 is 0. The molecule has 0 spiro atoms. The van der Waals surface area contributed by atoms with Crippen LogP contribution in [0.1, 0.15) is 15.9 Å². The predicted molar refractivity (Wildman–Crippen MR) is 89.2 cm³/mol. The first kappa shape index (κ1) is 17.9. The third-order valence-corrected chi connectivity index (χ3v) is 3.92. The van der Waals surface area contributed by atoms with Crippen molar-refractivity contribution in [3.63, 3.8) is 0 Å². The molecule has 0 radical (unpaired) electrons. The minimum atomic E-state index is -4.76. The number of hydrogen-bond acceptors (Lipinski definition) is 6. The number of ether oxygens (including phenoxy) is 1. The monoisotopic (exact) mass is 364 g/mol. The van der Waals surface area contributed by atoms with Crippen molar-refractivity contribution in [2.75, 3.05) is 18.4 Å². The molecule has 6 nitrogen and oxygen atoms in total.